The van der Waals surface area contributed by atoms with Gasteiger partial charge in [0.15, 0.2) is 0 Å². The topological polar surface area (TPSA) is 26.3 Å². The third kappa shape index (κ3) is 4.23. The largest absolute Gasteiger partial charge is 0.469 e. The number of hydrogen-bond acceptors (Lipinski definition) is 2. The van der Waals surface area contributed by atoms with E-state index in [-0.39, 0.29) is 30.7 Å². The predicted molar refractivity (Wildman–Crippen MR) is 32.6 cm³/mol. The van der Waals surface area contributed by atoms with Crippen molar-refractivity contribution in [1.82, 2.24) is 0 Å². The van der Waals surface area contributed by atoms with E-state index in [2.05, 4.69) is 4.74 Å². The number of esters is 1. The number of carbonyl (C=O) groups is 1. The van der Waals surface area contributed by atoms with E-state index in [0.717, 1.165) is 0 Å². The normalized spacial score (nSPS) is 8.00. The van der Waals surface area contributed by atoms with E-state index in [1.807, 2.05) is 0 Å². The van der Waals surface area contributed by atoms with Gasteiger partial charge in [0.25, 0.3) is 0 Å². The second kappa shape index (κ2) is 5.21. The van der Waals surface area contributed by atoms with Gasteiger partial charge in [-0.05, 0) is 0 Å². The first-order valence-corrected chi connectivity index (χ1v) is 2.26. The van der Waals surface area contributed by atoms with Crippen molar-refractivity contribution < 1.29 is 9.53 Å². The molecule has 2 nitrogen and oxygen atoms in total. The van der Waals surface area contributed by atoms with Crippen LogP contribution >= 0.6 is 0 Å². The maximum atomic E-state index is 10.3. The van der Waals surface area contributed by atoms with Gasteiger partial charge < -0.3 is 4.74 Å². The minimum Gasteiger partial charge on any atom is -0.469 e. The molecule has 0 aromatic rings. The van der Waals surface area contributed by atoms with Crippen LogP contribution in [-0.2, 0) is 9.53 Å². The molecule has 0 amide bonds. The summed E-state index contributed by atoms with van der Waals surface area (Å²) >= 11 is 0. The summed E-state index contributed by atoms with van der Waals surface area (Å²) < 4.78 is 4.37. The first-order chi connectivity index (χ1) is 3.18. The number of carbonyl (C=O) groups excluding carboxylic acids is 1. The Balaban J connectivity index is 0. The number of rotatable bonds is 1. The summed E-state index contributed by atoms with van der Waals surface area (Å²) in [4.78, 5) is 10.3. The molecule has 0 aromatic heterocycles. The molecule has 0 N–H and O–H groups in total. The molecule has 0 heterocycles. The molecular weight excluding hydrogens is 99.0 g/mol. The molecule has 43 valence electrons. The fourth-order valence-corrected chi connectivity index (χ4v) is 0.236. The van der Waals surface area contributed by atoms with Crippen molar-refractivity contribution in [2.45, 2.75) is 13.8 Å². The fourth-order valence-electron chi connectivity index (χ4n) is 0.236. The molecule has 0 aliphatic heterocycles. The van der Waals surface area contributed by atoms with Crippen LogP contribution in [0.4, 0.5) is 0 Å². The predicted octanol–water partition coefficient (Wildman–Crippen LogP) is 0.435. The summed E-state index contributed by atoms with van der Waals surface area (Å²) in [5, 5.41) is 0. The molecule has 0 bridgehead atoms. The van der Waals surface area contributed by atoms with E-state index in [1.165, 1.54) is 7.11 Å². The average Bonchev–Trinajstić information content (AvgIpc) is 1.65. The van der Waals surface area contributed by atoms with Crippen molar-refractivity contribution in [2.24, 2.45) is 5.92 Å². The Kier molecular flexibility index (Phi) is 7.13. The van der Waals surface area contributed by atoms with E-state index in [0.29, 0.717) is 0 Å². The monoisotopic (exact) mass is 109 g/mol. The van der Waals surface area contributed by atoms with Gasteiger partial charge in [-0.15, -0.1) is 0 Å². The van der Waals surface area contributed by atoms with E-state index in [9.17, 15) is 4.79 Å². The van der Waals surface area contributed by atoms with Crippen LogP contribution in [0.1, 0.15) is 13.8 Å². The molecule has 8 heavy (non-hydrogen) atoms. The molecule has 0 atom stereocenters. The van der Waals surface area contributed by atoms with Crippen molar-refractivity contribution in [2.75, 3.05) is 7.11 Å². The van der Waals surface area contributed by atoms with Crippen LogP contribution in [0, 0.1) is 5.92 Å². The summed E-state index contributed by atoms with van der Waals surface area (Å²) in [7, 11) is 1.39. The summed E-state index contributed by atoms with van der Waals surface area (Å²) in [6, 6.07) is 0. The second-order valence-corrected chi connectivity index (χ2v) is 1.68. The summed E-state index contributed by atoms with van der Waals surface area (Å²) in [5.41, 5.74) is 0. The summed E-state index contributed by atoms with van der Waals surface area (Å²) in [6.07, 6.45) is 0. The Morgan fingerprint density at radius 3 is 1.88 bits per heavy atom. The Morgan fingerprint density at radius 2 is 1.88 bits per heavy atom. The van der Waals surface area contributed by atoms with Crippen LogP contribution in [0.2, 0.25) is 0 Å². The Hall–Kier alpha value is 0.0674. The van der Waals surface area contributed by atoms with Gasteiger partial charge in [-0.3, -0.25) is 4.79 Å². The molecule has 0 spiro atoms. The van der Waals surface area contributed by atoms with Gasteiger partial charge in [0.2, 0.25) is 0 Å². The second-order valence-electron chi connectivity index (χ2n) is 1.68. The first-order valence-electron chi connectivity index (χ1n) is 2.26. The molecule has 0 aromatic carbocycles. The van der Waals surface area contributed by atoms with Gasteiger partial charge in [-0.25, -0.2) is 0 Å². The maximum absolute atomic E-state index is 10.3. The molecular formula is C5H10LiO2. The Labute approximate surface area is 61.8 Å². The molecule has 0 unspecified atom stereocenters. The van der Waals surface area contributed by atoms with Crippen molar-refractivity contribution in [3.8, 4) is 0 Å². The molecule has 0 aliphatic carbocycles. The van der Waals surface area contributed by atoms with Crippen LogP contribution in [0.15, 0.2) is 0 Å². The third-order valence-corrected chi connectivity index (χ3v) is 0.673. The minimum atomic E-state index is -0.153. The molecule has 0 saturated carbocycles. The van der Waals surface area contributed by atoms with E-state index < -0.39 is 0 Å². The molecule has 1 radical (unpaired) electrons. The fraction of sp³-hybridized carbons (Fsp3) is 0.800. The minimum absolute atomic E-state index is 0. The quantitative estimate of drug-likeness (QED) is 0.360. The Morgan fingerprint density at radius 1 is 1.50 bits per heavy atom. The van der Waals surface area contributed by atoms with Crippen molar-refractivity contribution >= 4 is 24.8 Å². The number of methoxy groups -OCH3 is 1. The molecule has 0 aliphatic rings. The zero-order valence-corrected chi connectivity index (χ0v) is 5.89. The average molecular weight is 109 g/mol. The van der Waals surface area contributed by atoms with Crippen molar-refractivity contribution in [3.05, 3.63) is 0 Å². The zero-order valence-electron chi connectivity index (χ0n) is 5.89. The van der Waals surface area contributed by atoms with Gasteiger partial charge in [0.1, 0.15) is 0 Å². The Bertz CT molecular complexity index is 70.8. The SMILES string of the molecule is COC(=O)C(C)C.[Li]. The van der Waals surface area contributed by atoms with Gasteiger partial charge >= 0.3 is 5.97 Å². The van der Waals surface area contributed by atoms with Crippen molar-refractivity contribution in [3.63, 3.8) is 0 Å². The van der Waals surface area contributed by atoms with E-state index in [1.54, 1.807) is 13.8 Å². The van der Waals surface area contributed by atoms with Gasteiger partial charge in [-0.1, -0.05) is 13.8 Å². The van der Waals surface area contributed by atoms with E-state index >= 15 is 0 Å². The maximum Gasteiger partial charge on any atom is 0.308 e. The molecule has 0 saturated heterocycles. The first kappa shape index (κ1) is 10.9. The van der Waals surface area contributed by atoms with Gasteiger partial charge in [-0.2, -0.15) is 0 Å². The molecule has 0 fully saturated rings. The summed E-state index contributed by atoms with van der Waals surface area (Å²) in [5.74, 6) is -0.148. The van der Waals surface area contributed by atoms with E-state index in [4.69, 9.17) is 0 Å². The standard InChI is InChI=1S/C5H10O2.Li/c1-4(2)5(6)7-3;/h4H,1-3H3;. The smallest absolute Gasteiger partial charge is 0.308 e. The van der Waals surface area contributed by atoms with Crippen LogP contribution in [-0.4, -0.2) is 31.9 Å². The van der Waals surface area contributed by atoms with Crippen molar-refractivity contribution in [1.29, 1.82) is 0 Å². The van der Waals surface area contributed by atoms with Crippen LogP contribution in [0.25, 0.3) is 0 Å². The van der Waals surface area contributed by atoms with Crippen LogP contribution in [0.5, 0.6) is 0 Å². The van der Waals surface area contributed by atoms with Gasteiger partial charge in [0.05, 0.1) is 13.0 Å². The third-order valence-electron chi connectivity index (χ3n) is 0.673. The molecule has 0 rings (SSSR count). The van der Waals surface area contributed by atoms with Crippen LogP contribution in [0.3, 0.4) is 0 Å². The van der Waals surface area contributed by atoms with Crippen LogP contribution < -0.4 is 0 Å². The van der Waals surface area contributed by atoms with Gasteiger partial charge in [0, 0.05) is 18.9 Å². The molecule has 3 heteroatoms. The number of hydrogen-bond donors (Lipinski definition) is 0. The summed E-state index contributed by atoms with van der Waals surface area (Å²) in [6.45, 7) is 3.59. The zero-order chi connectivity index (χ0) is 5.86. The number of ether oxygens (including phenoxy) is 1.